The Balaban J connectivity index is 1.79. The van der Waals surface area contributed by atoms with Crippen LogP contribution in [0, 0.1) is 5.41 Å². The number of rotatable bonds is 7. The van der Waals surface area contributed by atoms with E-state index in [0.717, 1.165) is 30.4 Å². The summed E-state index contributed by atoms with van der Waals surface area (Å²) in [4.78, 5) is 6.76. The van der Waals surface area contributed by atoms with Crippen molar-refractivity contribution in [2.24, 2.45) is 0 Å². The van der Waals surface area contributed by atoms with E-state index in [4.69, 9.17) is 15.5 Å². The van der Waals surface area contributed by atoms with E-state index in [1.54, 1.807) is 0 Å². The average Bonchev–Trinajstić information content (AvgIpc) is 2.65. The molecule has 0 saturated carbocycles. The minimum atomic E-state index is 0.144. The summed E-state index contributed by atoms with van der Waals surface area (Å²) in [5.41, 5.74) is 3.43. The number of hydrogen-bond donors (Lipinski definition) is 2. The molecule has 2 N–H and O–H groups in total. The van der Waals surface area contributed by atoms with Gasteiger partial charge in [-0.15, -0.1) is 0 Å². The summed E-state index contributed by atoms with van der Waals surface area (Å²) in [7, 11) is 1.96. The standard InChI is InChI=1S/C21H25N3O/c1-24(21(22)13-7-15-25)14-6-10-16-17-8-2-4-11-19(17)23-20-12-5-3-9-18(16)20/h2-5,8-9,11-12,22,25H,6-7,10,13-15H2,1H3. The normalized spacial score (nSPS) is 11.1. The first-order valence-electron chi connectivity index (χ1n) is 8.86. The van der Waals surface area contributed by atoms with Crippen molar-refractivity contribution in [1.82, 2.24) is 9.88 Å². The third-order valence-electron chi connectivity index (χ3n) is 4.65. The predicted octanol–water partition coefficient (Wildman–Crippen LogP) is 4.00. The van der Waals surface area contributed by atoms with Crippen molar-refractivity contribution in [3.8, 4) is 0 Å². The first-order valence-corrected chi connectivity index (χ1v) is 8.86. The minimum absolute atomic E-state index is 0.144. The zero-order chi connectivity index (χ0) is 17.6. The van der Waals surface area contributed by atoms with Gasteiger partial charge in [-0.2, -0.15) is 0 Å². The molecule has 0 aliphatic heterocycles. The summed E-state index contributed by atoms with van der Waals surface area (Å²) in [5, 5.41) is 19.4. The van der Waals surface area contributed by atoms with Gasteiger partial charge in [-0.05, 0) is 37.0 Å². The fraction of sp³-hybridized carbons (Fsp3) is 0.333. The number of pyridine rings is 1. The van der Waals surface area contributed by atoms with Gasteiger partial charge in [0, 0.05) is 37.4 Å². The lowest BCUT2D eigenvalue weighted by atomic mass is 9.98. The van der Waals surface area contributed by atoms with Gasteiger partial charge in [0.2, 0.25) is 0 Å². The molecule has 1 aromatic heterocycles. The zero-order valence-corrected chi connectivity index (χ0v) is 14.7. The van der Waals surface area contributed by atoms with Gasteiger partial charge in [0.25, 0.3) is 0 Å². The van der Waals surface area contributed by atoms with Crippen LogP contribution in [0.2, 0.25) is 0 Å². The van der Waals surface area contributed by atoms with Crippen molar-refractivity contribution < 1.29 is 5.11 Å². The van der Waals surface area contributed by atoms with E-state index in [0.29, 0.717) is 18.7 Å². The maximum atomic E-state index is 8.90. The second-order valence-electron chi connectivity index (χ2n) is 6.42. The molecule has 3 rings (SSSR count). The van der Waals surface area contributed by atoms with Crippen LogP contribution in [0.3, 0.4) is 0 Å². The molecule has 0 bridgehead atoms. The molecule has 0 radical (unpaired) electrons. The minimum Gasteiger partial charge on any atom is -0.396 e. The van der Waals surface area contributed by atoms with Crippen molar-refractivity contribution in [1.29, 1.82) is 5.41 Å². The molecule has 1 heterocycles. The molecule has 0 spiro atoms. The molecule has 0 unspecified atom stereocenters. The highest BCUT2D eigenvalue weighted by atomic mass is 16.2. The molecule has 4 nitrogen and oxygen atoms in total. The third kappa shape index (κ3) is 3.97. The second kappa shape index (κ2) is 8.08. The number of para-hydroxylation sites is 2. The Bertz CT molecular complexity index is 821. The number of nitrogens with zero attached hydrogens (tertiary/aromatic N) is 2. The van der Waals surface area contributed by atoms with Gasteiger partial charge >= 0.3 is 0 Å². The number of aromatic nitrogens is 1. The quantitative estimate of drug-likeness (QED) is 0.390. The maximum Gasteiger partial charge on any atom is 0.0955 e. The highest BCUT2D eigenvalue weighted by Gasteiger charge is 2.10. The molecule has 4 heteroatoms. The Kier molecular flexibility index (Phi) is 5.61. The SMILES string of the molecule is CN(CCCc1c2ccccc2nc2ccccc12)C(=N)CCCO. The molecule has 25 heavy (non-hydrogen) atoms. The summed E-state index contributed by atoms with van der Waals surface area (Å²) in [6.45, 7) is 0.987. The molecule has 3 aromatic rings. The van der Waals surface area contributed by atoms with Gasteiger partial charge in [0.05, 0.1) is 16.9 Å². The number of fused-ring (bicyclic) bond motifs is 2. The predicted molar refractivity (Wildman–Crippen MR) is 104 cm³/mol. The molecular weight excluding hydrogens is 310 g/mol. The van der Waals surface area contributed by atoms with Gasteiger partial charge < -0.3 is 10.0 Å². The lowest BCUT2D eigenvalue weighted by Crippen LogP contribution is -2.27. The summed E-state index contributed by atoms with van der Waals surface area (Å²) in [6, 6.07) is 16.6. The first kappa shape index (κ1) is 17.4. The summed E-state index contributed by atoms with van der Waals surface area (Å²) in [5.74, 6) is 0.596. The van der Waals surface area contributed by atoms with Crippen molar-refractivity contribution in [3.05, 3.63) is 54.1 Å². The molecule has 0 aliphatic carbocycles. The van der Waals surface area contributed by atoms with Crippen LogP contribution in [0.1, 0.15) is 24.8 Å². The number of aryl methyl sites for hydroxylation is 1. The van der Waals surface area contributed by atoms with E-state index < -0.39 is 0 Å². The third-order valence-corrected chi connectivity index (χ3v) is 4.65. The molecule has 0 amide bonds. The summed E-state index contributed by atoms with van der Waals surface area (Å²) < 4.78 is 0. The smallest absolute Gasteiger partial charge is 0.0955 e. The number of amidine groups is 1. The molecule has 130 valence electrons. The van der Waals surface area contributed by atoms with Gasteiger partial charge in [0.15, 0.2) is 0 Å². The van der Waals surface area contributed by atoms with E-state index in [2.05, 4.69) is 36.4 Å². The summed E-state index contributed by atoms with van der Waals surface area (Å²) >= 11 is 0. The van der Waals surface area contributed by atoms with Crippen molar-refractivity contribution in [2.75, 3.05) is 20.2 Å². The van der Waals surface area contributed by atoms with E-state index in [1.807, 2.05) is 24.1 Å². The van der Waals surface area contributed by atoms with Crippen molar-refractivity contribution >= 4 is 27.6 Å². The van der Waals surface area contributed by atoms with Crippen LogP contribution in [0.5, 0.6) is 0 Å². The monoisotopic (exact) mass is 335 g/mol. The van der Waals surface area contributed by atoms with Crippen LogP contribution in [-0.2, 0) is 6.42 Å². The van der Waals surface area contributed by atoms with Crippen LogP contribution in [0.4, 0.5) is 0 Å². The van der Waals surface area contributed by atoms with Crippen molar-refractivity contribution in [3.63, 3.8) is 0 Å². The highest BCUT2D eigenvalue weighted by molar-refractivity contribution is 5.97. The van der Waals surface area contributed by atoms with Crippen LogP contribution < -0.4 is 0 Å². The lowest BCUT2D eigenvalue weighted by molar-refractivity contribution is 0.289. The Labute approximate surface area is 148 Å². The van der Waals surface area contributed by atoms with Crippen LogP contribution in [-0.4, -0.2) is 41.0 Å². The number of aliphatic hydroxyl groups is 1. The largest absolute Gasteiger partial charge is 0.396 e. The van der Waals surface area contributed by atoms with Gasteiger partial charge in [0.1, 0.15) is 0 Å². The molecule has 2 aromatic carbocycles. The van der Waals surface area contributed by atoms with Gasteiger partial charge in [-0.3, -0.25) is 5.41 Å². The fourth-order valence-corrected chi connectivity index (χ4v) is 3.26. The Morgan fingerprint density at radius 1 is 1.00 bits per heavy atom. The van der Waals surface area contributed by atoms with E-state index in [9.17, 15) is 0 Å². The van der Waals surface area contributed by atoms with Crippen LogP contribution in [0.25, 0.3) is 21.8 Å². The van der Waals surface area contributed by atoms with Crippen LogP contribution >= 0.6 is 0 Å². The molecule has 0 aliphatic rings. The number of benzene rings is 2. The first-order chi connectivity index (χ1) is 12.2. The Hall–Kier alpha value is -2.46. The molecule has 0 fully saturated rings. The zero-order valence-electron chi connectivity index (χ0n) is 14.7. The Morgan fingerprint density at radius 3 is 2.20 bits per heavy atom. The lowest BCUT2D eigenvalue weighted by Gasteiger charge is -2.20. The number of nitrogens with one attached hydrogen (secondary N) is 1. The van der Waals surface area contributed by atoms with Gasteiger partial charge in [-0.1, -0.05) is 36.4 Å². The van der Waals surface area contributed by atoms with Gasteiger partial charge in [-0.25, -0.2) is 4.98 Å². The van der Waals surface area contributed by atoms with Crippen LogP contribution in [0.15, 0.2) is 48.5 Å². The molecule has 0 atom stereocenters. The average molecular weight is 335 g/mol. The maximum absolute atomic E-state index is 8.90. The topological polar surface area (TPSA) is 60.2 Å². The molecular formula is C21H25N3O. The Morgan fingerprint density at radius 2 is 1.60 bits per heavy atom. The highest BCUT2D eigenvalue weighted by Crippen LogP contribution is 2.27. The second-order valence-corrected chi connectivity index (χ2v) is 6.42. The van der Waals surface area contributed by atoms with E-state index >= 15 is 0 Å². The number of aliphatic hydroxyl groups excluding tert-OH is 1. The number of hydrogen-bond acceptors (Lipinski definition) is 3. The summed E-state index contributed by atoms with van der Waals surface area (Å²) in [6.07, 6.45) is 3.23. The van der Waals surface area contributed by atoms with Crippen molar-refractivity contribution in [2.45, 2.75) is 25.7 Å². The molecule has 0 saturated heterocycles. The van der Waals surface area contributed by atoms with E-state index in [1.165, 1.54) is 16.3 Å². The van der Waals surface area contributed by atoms with E-state index in [-0.39, 0.29) is 6.61 Å². The fourth-order valence-electron chi connectivity index (χ4n) is 3.26.